The first-order valence-corrected chi connectivity index (χ1v) is 18.9. The van der Waals surface area contributed by atoms with Gasteiger partial charge in [-0.1, -0.05) is 78.8 Å². The van der Waals surface area contributed by atoms with Crippen LogP contribution >= 0.6 is 11.8 Å². The maximum Gasteiger partial charge on any atom is 0.277 e. The zero-order valence-electron chi connectivity index (χ0n) is 28.5. The lowest BCUT2D eigenvalue weighted by Gasteiger charge is -2.26. The smallest absolute Gasteiger partial charge is 0.277 e. The minimum Gasteiger partial charge on any atom is -0.316 e. The summed E-state index contributed by atoms with van der Waals surface area (Å²) in [6.45, 7) is 4.15. The van der Waals surface area contributed by atoms with Crippen molar-refractivity contribution >= 4 is 11.8 Å². The van der Waals surface area contributed by atoms with Crippen LogP contribution in [0.5, 0.6) is 0 Å². The molecule has 1 aliphatic heterocycles. The molecule has 3 aromatic carbocycles. The Kier molecular flexibility index (Phi) is 11.1. The van der Waals surface area contributed by atoms with E-state index in [4.69, 9.17) is 10.2 Å². The van der Waals surface area contributed by atoms with E-state index in [1.165, 1.54) is 56.2 Å². The van der Waals surface area contributed by atoms with Crippen molar-refractivity contribution in [3.05, 3.63) is 129 Å². The molecule has 2 aliphatic rings. The molecule has 50 heavy (non-hydrogen) atoms. The largest absolute Gasteiger partial charge is 0.316 e. The Morgan fingerprint density at radius 1 is 0.700 bits per heavy atom. The van der Waals surface area contributed by atoms with Crippen molar-refractivity contribution in [2.45, 2.75) is 88.5 Å². The van der Waals surface area contributed by atoms with Gasteiger partial charge in [0.1, 0.15) is 18.3 Å². The topological polar surface area (TPSA) is 68.8 Å². The summed E-state index contributed by atoms with van der Waals surface area (Å²) in [6.07, 6.45) is 9.43. The second-order valence-electron chi connectivity index (χ2n) is 13.5. The number of aromatic nitrogens is 5. The van der Waals surface area contributed by atoms with Crippen LogP contribution in [0.25, 0.3) is 11.1 Å². The summed E-state index contributed by atoms with van der Waals surface area (Å²) < 4.78 is 31.0. The predicted molar refractivity (Wildman–Crippen MR) is 195 cm³/mol. The molecule has 10 heteroatoms. The van der Waals surface area contributed by atoms with E-state index in [9.17, 15) is 13.6 Å². The highest BCUT2D eigenvalue weighted by Crippen LogP contribution is 2.28. The molecule has 0 N–H and O–H groups in total. The Bertz CT molecular complexity index is 1930. The highest BCUT2D eigenvalue weighted by Gasteiger charge is 2.24. The molecule has 0 bridgehead atoms. The number of fused-ring (bicyclic) bond motifs is 1. The molecule has 0 amide bonds. The Morgan fingerprint density at radius 3 is 2.10 bits per heavy atom. The lowest BCUT2D eigenvalue weighted by molar-refractivity contribution is 0.224. The number of halogens is 2. The van der Waals surface area contributed by atoms with Crippen molar-refractivity contribution in [1.29, 1.82) is 0 Å². The number of thioether (sulfide) groups is 1. The molecule has 0 atom stereocenters. The first kappa shape index (κ1) is 34.3. The summed E-state index contributed by atoms with van der Waals surface area (Å²) in [5, 5.41) is 10.2. The van der Waals surface area contributed by atoms with E-state index in [-0.39, 0.29) is 11.4 Å². The molecule has 0 radical (unpaired) electrons. The van der Waals surface area contributed by atoms with Crippen LogP contribution in [-0.2, 0) is 44.8 Å². The van der Waals surface area contributed by atoms with Crippen LogP contribution in [-0.4, -0.2) is 48.8 Å². The third-order valence-corrected chi connectivity index (χ3v) is 11.0. The van der Waals surface area contributed by atoms with Crippen LogP contribution in [0.2, 0.25) is 0 Å². The molecule has 5 aromatic rings. The average Bonchev–Trinajstić information content (AvgIpc) is 3.80. The van der Waals surface area contributed by atoms with Gasteiger partial charge >= 0.3 is 0 Å². The molecule has 1 saturated heterocycles. The van der Waals surface area contributed by atoms with Crippen LogP contribution in [0.15, 0.2) is 82.7 Å². The van der Waals surface area contributed by atoms with E-state index in [0.29, 0.717) is 29.6 Å². The summed E-state index contributed by atoms with van der Waals surface area (Å²) in [4.78, 5) is 20.2. The van der Waals surface area contributed by atoms with Gasteiger partial charge in [-0.3, -0.25) is 4.79 Å². The predicted octanol–water partition coefficient (Wildman–Crippen LogP) is 7.80. The summed E-state index contributed by atoms with van der Waals surface area (Å²) >= 11 is 1.50. The fraction of sp³-hybridized carbons (Fsp3) is 0.400. The molecule has 1 aliphatic carbocycles. The first-order chi connectivity index (χ1) is 24.5. The minimum absolute atomic E-state index is 0.148. The third kappa shape index (κ3) is 8.24. The minimum atomic E-state index is -0.465. The van der Waals surface area contributed by atoms with E-state index in [1.54, 1.807) is 12.1 Å². The number of rotatable bonds is 14. The molecular formula is C40H44F2N6OS. The van der Waals surface area contributed by atoms with E-state index in [0.717, 1.165) is 90.2 Å². The monoisotopic (exact) mass is 694 g/mol. The first-order valence-electron chi connectivity index (χ1n) is 17.9. The van der Waals surface area contributed by atoms with Crippen LogP contribution < -0.4 is 5.56 Å². The standard InChI is InChI=1S/C40H44F2N6OS/c41-25-29-10-16-32(17-11-29)33-18-12-30(13-19-33)26-48-37(9-2-5-24-46-22-3-1-4-23-46)44-45-38(48)27-47-36-8-6-7-35(36)39(49)43-40(47)50-28-31-14-20-34(42)21-15-31/h10-21H,1-9,22-28H2. The zero-order valence-corrected chi connectivity index (χ0v) is 29.3. The van der Waals surface area contributed by atoms with Crippen LogP contribution in [0.3, 0.4) is 0 Å². The highest BCUT2D eigenvalue weighted by molar-refractivity contribution is 7.98. The highest BCUT2D eigenvalue weighted by atomic mass is 32.2. The number of aryl methyl sites for hydroxylation is 1. The van der Waals surface area contributed by atoms with Gasteiger partial charge in [0.25, 0.3) is 5.56 Å². The van der Waals surface area contributed by atoms with Crippen molar-refractivity contribution < 1.29 is 8.78 Å². The van der Waals surface area contributed by atoms with Crippen LogP contribution in [0.1, 0.15) is 78.1 Å². The fourth-order valence-electron chi connectivity index (χ4n) is 7.16. The SMILES string of the molecule is O=c1nc(SCc2ccc(F)cc2)n(Cc2nnc(CCCCN3CCCCC3)n2Cc2ccc(-c3ccc(CF)cc3)cc2)c2c1CCC2. The van der Waals surface area contributed by atoms with Crippen molar-refractivity contribution in [2.75, 3.05) is 19.6 Å². The zero-order chi connectivity index (χ0) is 34.3. The van der Waals surface area contributed by atoms with Gasteiger partial charge in [0.05, 0.1) is 13.1 Å². The lowest BCUT2D eigenvalue weighted by atomic mass is 10.0. The maximum absolute atomic E-state index is 13.6. The summed E-state index contributed by atoms with van der Waals surface area (Å²) in [7, 11) is 0. The van der Waals surface area contributed by atoms with Crippen molar-refractivity contribution in [3.63, 3.8) is 0 Å². The third-order valence-electron chi connectivity index (χ3n) is 10.00. The van der Waals surface area contributed by atoms with Gasteiger partial charge in [-0.2, -0.15) is 4.98 Å². The maximum atomic E-state index is 13.6. The molecule has 260 valence electrons. The number of unbranched alkanes of at least 4 members (excludes halogenated alkanes) is 1. The Labute approximate surface area is 296 Å². The van der Waals surface area contributed by atoms with Crippen molar-refractivity contribution in [3.8, 4) is 11.1 Å². The van der Waals surface area contributed by atoms with E-state index in [2.05, 4.69) is 43.3 Å². The molecule has 0 saturated carbocycles. The molecule has 2 aromatic heterocycles. The number of alkyl halides is 1. The molecule has 0 unspecified atom stereocenters. The Balaban J connectivity index is 1.15. The van der Waals surface area contributed by atoms with Gasteiger partial charge in [-0.05, 0) is 105 Å². The average molecular weight is 695 g/mol. The van der Waals surface area contributed by atoms with E-state index >= 15 is 0 Å². The summed E-state index contributed by atoms with van der Waals surface area (Å²) in [5.41, 5.74) is 6.61. The van der Waals surface area contributed by atoms with Gasteiger partial charge in [-0.15, -0.1) is 10.2 Å². The normalized spacial score (nSPS) is 14.7. The Hall–Kier alpha value is -4.15. The molecule has 0 spiro atoms. The Morgan fingerprint density at radius 2 is 1.38 bits per heavy atom. The summed E-state index contributed by atoms with van der Waals surface area (Å²) in [6, 6.07) is 22.6. The van der Waals surface area contributed by atoms with Crippen LogP contribution in [0, 0.1) is 5.82 Å². The number of hydrogen-bond donors (Lipinski definition) is 0. The molecule has 3 heterocycles. The number of nitrogens with zero attached hydrogens (tertiary/aromatic N) is 6. The van der Waals surface area contributed by atoms with Gasteiger partial charge in [0.15, 0.2) is 11.0 Å². The van der Waals surface area contributed by atoms with E-state index < -0.39 is 6.67 Å². The lowest BCUT2D eigenvalue weighted by Crippen LogP contribution is -2.30. The summed E-state index contributed by atoms with van der Waals surface area (Å²) in [5.74, 6) is 2.11. The second kappa shape index (κ2) is 16.2. The second-order valence-corrected chi connectivity index (χ2v) is 14.4. The fourth-order valence-corrected chi connectivity index (χ4v) is 8.13. The van der Waals surface area contributed by atoms with Gasteiger partial charge < -0.3 is 14.0 Å². The van der Waals surface area contributed by atoms with E-state index in [1.807, 2.05) is 24.3 Å². The molecule has 7 rings (SSSR count). The van der Waals surface area contributed by atoms with Crippen LogP contribution in [0.4, 0.5) is 8.78 Å². The molecule has 1 fully saturated rings. The van der Waals surface area contributed by atoms with Crippen molar-refractivity contribution in [1.82, 2.24) is 29.2 Å². The molecular weight excluding hydrogens is 651 g/mol. The van der Waals surface area contributed by atoms with Crippen molar-refractivity contribution in [2.24, 2.45) is 0 Å². The number of hydrogen-bond acceptors (Lipinski definition) is 6. The molecule has 7 nitrogen and oxygen atoms in total. The number of likely N-dealkylation sites (tertiary alicyclic amines) is 1. The number of benzene rings is 3. The van der Waals surface area contributed by atoms with Gasteiger partial charge in [-0.25, -0.2) is 8.78 Å². The van der Waals surface area contributed by atoms with Gasteiger partial charge in [0.2, 0.25) is 0 Å². The number of piperidine rings is 1. The quantitative estimate of drug-likeness (QED) is 0.0672. The van der Waals surface area contributed by atoms with Gasteiger partial charge in [0, 0.05) is 23.4 Å².